The van der Waals surface area contributed by atoms with Gasteiger partial charge in [0.25, 0.3) is 5.91 Å². The molecule has 0 radical (unpaired) electrons. The third-order valence-electron chi connectivity index (χ3n) is 5.20. The molecule has 0 spiro atoms. The molecule has 32 heavy (non-hydrogen) atoms. The van der Waals surface area contributed by atoms with Crippen LogP contribution in [0.25, 0.3) is 11.3 Å². The fraction of sp³-hybridized carbons (Fsp3) is 0.286. The van der Waals surface area contributed by atoms with Crippen LogP contribution in [-0.4, -0.2) is 27.4 Å². The number of halogens is 3. The Labute approximate surface area is 185 Å². The monoisotopic (exact) mass is 463 g/mol. The highest BCUT2D eigenvalue weighted by atomic mass is 32.1. The molecule has 2 aromatic heterocycles. The third kappa shape index (κ3) is 4.53. The molecule has 0 unspecified atom stereocenters. The van der Waals surface area contributed by atoms with Gasteiger partial charge in [0.15, 0.2) is 11.5 Å². The van der Waals surface area contributed by atoms with Gasteiger partial charge in [0.2, 0.25) is 5.06 Å². The number of nitrogens with two attached hydrogens (primary N) is 2. The van der Waals surface area contributed by atoms with Gasteiger partial charge in [-0.05, 0) is 37.8 Å². The summed E-state index contributed by atoms with van der Waals surface area (Å²) >= 11 is 1.06. The number of nitrogens with one attached hydrogen (secondary N) is 1. The minimum absolute atomic E-state index is 0.0458. The molecular formula is C21H20F3N5O2S. The zero-order valence-corrected chi connectivity index (χ0v) is 17.6. The number of nitrogen functional groups attached to an aromatic ring is 1. The summed E-state index contributed by atoms with van der Waals surface area (Å²) in [5.41, 5.74) is 9.96. The SMILES string of the molecule is Nc1cc(F)c(-c2c(F)cccc2F)nc1C(=O)Nc1cnsc1O[C@H]1CC[C@H](N)CC1. The van der Waals surface area contributed by atoms with Crippen molar-refractivity contribution in [2.75, 3.05) is 11.1 Å². The standard InChI is InChI=1S/C21H20F3N5O2S/c22-12-2-1-3-13(23)17(12)18-14(24)8-15(26)19(29-18)20(30)28-16-9-27-32-21(16)31-11-6-4-10(25)5-7-11/h1-3,8-11H,4-7,25-26H2,(H,28,30)/t10-,11-. The molecule has 1 aliphatic rings. The van der Waals surface area contributed by atoms with Crippen LogP contribution in [0.15, 0.2) is 30.5 Å². The van der Waals surface area contributed by atoms with Crippen LogP contribution in [0.5, 0.6) is 5.06 Å². The van der Waals surface area contributed by atoms with E-state index in [9.17, 15) is 18.0 Å². The number of amides is 1. The molecule has 1 fully saturated rings. The second-order valence-electron chi connectivity index (χ2n) is 7.49. The van der Waals surface area contributed by atoms with Crippen molar-refractivity contribution < 1.29 is 22.7 Å². The first-order valence-corrected chi connectivity index (χ1v) is 10.7. The lowest BCUT2D eigenvalue weighted by Gasteiger charge is -2.26. The Morgan fingerprint density at radius 1 is 1.12 bits per heavy atom. The molecule has 1 saturated carbocycles. The quantitative estimate of drug-likeness (QED) is 0.525. The van der Waals surface area contributed by atoms with Crippen molar-refractivity contribution in [3.05, 3.63) is 53.6 Å². The minimum atomic E-state index is -1.06. The number of carbonyl (C=O) groups excluding carboxylic acids is 1. The molecule has 1 aliphatic carbocycles. The van der Waals surface area contributed by atoms with Gasteiger partial charge in [-0.1, -0.05) is 6.07 Å². The van der Waals surface area contributed by atoms with Crippen LogP contribution in [0, 0.1) is 17.5 Å². The molecule has 1 amide bonds. The summed E-state index contributed by atoms with van der Waals surface area (Å²) in [6.07, 6.45) is 4.62. The Hall–Kier alpha value is -3.18. The Morgan fingerprint density at radius 3 is 2.50 bits per heavy atom. The number of anilines is 2. The average Bonchev–Trinajstić information content (AvgIpc) is 3.17. The predicted molar refractivity (Wildman–Crippen MR) is 115 cm³/mol. The lowest BCUT2D eigenvalue weighted by atomic mass is 9.94. The fourth-order valence-electron chi connectivity index (χ4n) is 3.52. The maximum absolute atomic E-state index is 14.4. The lowest BCUT2D eigenvalue weighted by Crippen LogP contribution is -2.31. The van der Waals surface area contributed by atoms with E-state index >= 15 is 0 Å². The Bertz CT molecular complexity index is 1130. The Morgan fingerprint density at radius 2 is 1.81 bits per heavy atom. The number of carbonyl (C=O) groups is 1. The van der Waals surface area contributed by atoms with Gasteiger partial charge in [0.1, 0.15) is 23.0 Å². The summed E-state index contributed by atoms with van der Waals surface area (Å²) in [7, 11) is 0. The van der Waals surface area contributed by atoms with E-state index in [1.807, 2.05) is 0 Å². The number of benzene rings is 1. The first kappa shape index (κ1) is 22.0. The first-order valence-electron chi connectivity index (χ1n) is 9.92. The predicted octanol–water partition coefficient (Wildman–Crippen LogP) is 4.11. The summed E-state index contributed by atoms with van der Waals surface area (Å²) in [4.78, 5) is 16.7. The van der Waals surface area contributed by atoms with Crippen LogP contribution in [-0.2, 0) is 0 Å². The van der Waals surface area contributed by atoms with E-state index in [1.54, 1.807) is 0 Å². The summed E-state index contributed by atoms with van der Waals surface area (Å²) in [5, 5.41) is 2.98. The third-order valence-corrected chi connectivity index (χ3v) is 5.89. The molecule has 0 atom stereocenters. The summed E-state index contributed by atoms with van der Waals surface area (Å²) in [5.74, 6) is -3.88. The summed E-state index contributed by atoms with van der Waals surface area (Å²) < 4.78 is 52.7. The summed E-state index contributed by atoms with van der Waals surface area (Å²) in [6, 6.07) is 4.04. The zero-order chi connectivity index (χ0) is 22.8. The van der Waals surface area contributed by atoms with Crippen molar-refractivity contribution in [2.45, 2.75) is 37.8 Å². The number of hydrogen-bond acceptors (Lipinski definition) is 7. The molecule has 0 aliphatic heterocycles. The van der Waals surface area contributed by atoms with E-state index in [4.69, 9.17) is 16.2 Å². The Balaban J connectivity index is 1.58. The lowest BCUT2D eigenvalue weighted by molar-refractivity contribution is 0.102. The molecule has 4 rings (SSSR count). The second kappa shape index (κ2) is 9.13. The maximum Gasteiger partial charge on any atom is 0.276 e. The number of rotatable bonds is 5. The van der Waals surface area contributed by atoms with E-state index in [0.717, 1.165) is 61.5 Å². The van der Waals surface area contributed by atoms with Crippen LogP contribution >= 0.6 is 11.5 Å². The molecule has 1 aromatic carbocycles. The molecule has 2 heterocycles. The molecule has 0 saturated heterocycles. The van der Waals surface area contributed by atoms with Crippen molar-refractivity contribution in [1.82, 2.24) is 9.36 Å². The minimum Gasteiger partial charge on any atom is -0.478 e. The average molecular weight is 463 g/mol. The largest absolute Gasteiger partial charge is 0.478 e. The molecule has 168 valence electrons. The van der Waals surface area contributed by atoms with Crippen molar-refractivity contribution in [3.8, 4) is 16.3 Å². The number of aromatic nitrogens is 2. The van der Waals surface area contributed by atoms with Crippen molar-refractivity contribution in [1.29, 1.82) is 0 Å². The second-order valence-corrected chi connectivity index (χ2v) is 8.25. The highest BCUT2D eigenvalue weighted by Gasteiger charge is 2.25. The zero-order valence-electron chi connectivity index (χ0n) is 16.8. The van der Waals surface area contributed by atoms with Gasteiger partial charge in [-0.3, -0.25) is 4.79 Å². The van der Waals surface area contributed by atoms with E-state index in [-0.39, 0.29) is 23.5 Å². The Kier molecular flexibility index (Phi) is 6.28. The smallest absolute Gasteiger partial charge is 0.276 e. The first-order chi connectivity index (χ1) is 15.3. The van der Waals surface area contributed by atoms with Gasteiger partial charge >= 0.3 is 0 Å². The fourth-order valence-corrected chi connectivity index (χ4v) is 4.16. The molecule has 0 bridgehead atoms. The molecular weight excluding hydrogens is 443 g/mol. The van der Waals surface area contributed by atoms with Gasteiger partial charge in [-0.2, -0.15) is 4.37 Å². The van der Waals surface area contributed by atoms with E-state index in [1.165, 1.54) is 6.20 Å². The number of nitrogens with zero attached hydrogens (tertiary/aromatic N) is 2. The van der Waals surface area contributed by atoms with E-state index < -0.39 is 34.6 Å². The van der Waals surface area contributed by atoms with Gasteiger partial charge in [0.05, 0.1) is 23.6 Å². The highest BCUT2D eigenvalue weighted by Crippen LogP contribution is 2.34. The van der Waals surface area contributed by atoms with Crippen LogP contribution in [0.1, 0.15) is 36.2 Å². The van der Waals surface area contributed by atoms with Crippen molar-refractivity contribution in [2.24, 2.45) is 5.73 Å². The van der Waals surface area contributed by atoms with Crippen molar-refractivity contribution >= 4 is 28.8 Å². The maximum atomic E-state index is 14.4. The van der Waals surface area contributed by atoms with E-state index in [0.29, 0.717) is 10.8 Å². The number of pyridine rings is 1. The molecule has 3 aromatic rings. The van der Waals surface area contributed by atoms with Gasteiger partial charge < -0.3 is 21.5 Å². The summed E-state index contributed by atoms with van der Waals surface area (Å²) in [6.45, 7) is 0. The van der Waals surface area contributed by atoms with Crippen molar-refractivity contribution in [3.63, 3.8) is 0 Å². The molecule has 5 N–H and O–H groups in total. The van der Waals surface area contributed by atoms with Gasteiger partial charge in [-0.25, -0.2) is 18.2 Å². The van der Waals surface area contributed by atoms with Crippen LogP contribution in [0.4, 0.5) is 24.5 Å². The van der Waals surface area contributed by atoms with Crippen LogP contribution < -0.4 is 21.5 Å². The van der Waals surface area contributed by atoms with Crippen LogP contribution in [0.3, 0.4) is 0 Å². The highest BCUT2D eigenvalue weighted by molar-refractivity contribution is 7.08. The van der Waals surface area contributed by atoms with Gasteiger partial charge in [-0.15, -0.1) is 0 Å². The molecule has 7 nitrogen and oxygen atoms in total. The normalized spacial score (nSPS) is 18.4. The number of hydrogen-bond donors (Lipinski definition) is 3. The van der Waals surface area contributed by atoms with Gasteiger partial charge in [0, 0.05) is 23.6 Å². The number of ether oxygens (including phenoxy) is 1. The van der Waals surface area contributed by atoms with Crippen LogP contribution in [0.2, 0.25) is 0 Å². The molecule has 11 heteroatoms. The topological polar surface area (TPSA) is 116 Å². The van der Waals surface area contributed by atoms with E-state index in [2.05, 4.69) is 14.7 Å².